The summed E-state index contributed by atoms with van der Waals surface area (Å²) in [5.74, 6) is 1.21. The Morgan fingerprint density at radius 3 is 2.95 bits per heavy atom. The molecule has 0 radical (unpaired) electrons. The smallest absolute Gasteiger partial charge is 0.260 e. The number of carbonyl (C=O) groups excluding carboxylic acids is 1. The minimum absolute atomic E-state index is 0.167. The first-order chi connectivity index (χ1) is 9.70. The lowest BCUT2D eigenvalue weighted by molar-refractivity contribution is 0.102. The van der Waals surface area contributed by atoms with Gasteiger partial charge in [0.15, 0.2) is 0 Å². The number of amides is 1. The van der Waals surface area contributed by atoms with Crippen LogP contribution in [0.25, 0.3) is 0 Å². The molecule has 1 aliphatic carbocycles. The molecule has 0 fully saturated rings. The van der Waals surface area contributed by atoms with Crippen molar-refractivity contribution in [1.29, 1.82) is 0 Å². The topological polar surface area (TPSA) is 56.1 Å². The Balaban J connectivity index is 1.90. The van der Waals surface area contributed by atoms with Crippen molar-refractivity contribution < 1.29 is 9.53 Å². The molecule has 1 aliphatic rings. The first kappa shape index (κ1) is 12.7. The molecule has 0 bridgehead atoms. The normalized spacial score (nSPS) is 13.1. The predicted molar refractivity (Wildman–Crippen MR) is 76.2 cm³/mol. The van der Waals surface area contributed by atoms with Crippen LogP contribution in [0.5, 0.6) is 5.75 Å². The number of anilines is 1. The molecule has 5 nitrogen and oxygen atoms in total. The van der Waals surface area contributed by atoms with Crippen molar-refractivity contribution in [3.8, 4) is 5.75 Å². The maximum absolute atomic E-state index is 12.4. The number of nitrogens with zero attached hydrogens (tertiary/aromatic N) is 2. The summed E-state index contributed by atoms with van der Waals surface area (Å²) in [6, 6.07) is 7.20. The maximum Gasteiger partial charge on any atom is 0.260 e. The molecule has 1 heterocycles. The number of ether oxygens (including phenoxy) is 1. The molecule has 1 N–H and O–H groups in total. The fraction of sp³-hybridized carbons (Fsp3) is 0.333. The molecule has 0 unspecified atom stereocenters. The van der Waals surface area contributed by atoms with Gasteiger partial charge in [0.1, 0.15) is 11.6 Å². The van der Waals surface area contributed by atoms with E-state index < -0.39 is 0 Å². The Morgan fingerprint density at radius 2 is 2.15 bits per heavy atom. The van der Waals surface area contributed by atoms with E-state index >= 15 is 0 Å². The van der Waals surface area contributed by atoms with Gasteiger partial charge in [-0.25, -0.2) is 0 Å². The van der Waals surface area contributed by atoms with Gasteiger partial charge in [-0.2, -0.15) is 5.10 Å². The Hall–Kier alpha value is -2.30. The van der Waals surface area contributed by atoms with Gasteiger partial charge >= 0.3 is 0 Å². The van der Waals surface area contributed by atoms with Crippen LogP contribution >= 0.6 is 0 Å². The molecule has 3 rings (SSSR count). The van der Waals surface area contributed by atoms with Crippen LogP contribution in [0.15, 0.2) is 24.3 Å². The first-order valence-electron chi connectivity index (χ1n) is 6.70. The number of hydrogen-bond donors (Lipinski definition) is 1. The number of rotatable bonds is 3. The summed E-state index contributed by atoms with van der Waals surface area (Å²) in [6.07, 6.45) is 3.08. The highest BCUT2D eigenvalue weighted by molar-refractivity contribution is 6.06. The summed E-state index contributed by atoms with van der Waals surface area (Å²) in [6.45, 7) is 0. The van der Waals surface area contributed by atoms with Crippen LogP contribution in [0.4, 0.5) is 5.82 Å². The van der Waals surface area contributed by atoms with Gasteiger partial charge in [-0.1, -0.05) is 12.1 Å². The number of aryl methyl sites for hydroxylation is 2. The zero-order valence-corrected chi connectivity index (χ0v) is 11.6. The van der Waals surface area contributed by atoms with Crippen molar-refractivity contribution in [1.82, 2.24) is 9.78 Å². The van der Waals surface area contributed by atoms with Crippen molar-refractivity contribution in [3.63, 3.8) is 0 Å². The zero-order valence-electron chi connectivity index (χ0n) is 11.6. The number of para-hydroxylation sites is 1. The van der Waals surface area contributed by atoms with Crippen molar-refractivity contribution in [2.45, 2.75) is 19.3 Å². The van der Waals surface area contributed by atoms with Crippen molar-refractivity contribution in [2.75, 3.05) is 12.4 Å². The molecule has 0 spiro atoms. The molecule has 1 amide bonds. The van der Waals surface area contributed by atoms with E-state index in [9.17, 15) is 4.79 Å². The second-order valence-electron chi connectivity index (χ2n) is 4.91. The number of aromatic nitrogens is 2. The number of benzene rings is 1. The lowest BCUT2D eigenvalue weighted by Crippen LogP contribution is -2.16. The van der Waals surface area contributed by atoms with Crippen LogP contribution in [-0.2, 0) is 19.9 Å². The van der Waals surface area contributed by atoms with Crippen LogP contribution < -0.4 is 10.1 Å². The summed E-state index contributed by atoms with van der Waals surface area (Å²) in [7, 11) is 3.42. The van der Waals surface area contributed by atoms with Gasteiger partial charge in [0, 0.05) is 12.6 Å². The van der Waals surface area contributed by atoms with Gasteiger partial charge in [-0.15, -0.1) is 0 Å². The van der Waals surface area contributed by atoms with E-state index in [1.807, 2.05) is 19.2 Å². The van der Waals surface area contributed by atoms with E-state index in [0.717, 1.165) is 36.3 Å². The Labute approximate surface area is 117 Å². The van der Waals surface area contributed by atoms with Gasteiger partial charge in [-0.3, -0.25) is 9.48 Å². The quantitative estimate of drug-likeness (QED) is 0.930. The van der Waals surface area contributed by atoms with Gasteiger partial charge in [0.05, 0.1) is 18.4 Å². The number of hydrogen-bond acceptors (Lipinski definition) is 3. The third-order valence-corrected chi connectivity index (χ3v) is 3.65. The van der Waals surface area contributed by atoms with E-state index in [0.29, 0.717) is 11.3 Å². The molecule has 1 aromatic carbocycles. The second kappa shape index (κ2) is 5.00. The molecule has 104 valence electrons. The SMILES string of the molecule is COc1ccccc1C(=O)Nc1c2c(nn1C)CCC2. The predicted octanol–water partition coefficient (Wildman–Crippen LogP) is 2.17. The van der Waals surface area contributed by atoms with Gasteiger partial charge in [-0.05, 0) is 31.4 Å². The van der Waals surface area contributed by atoms with E-state index in [2.05, 4.69) is 10.4 Å². The van der Waals surface area contributed by atoms with Crippen molar-refractivity contribution in [2.24, 2.45) is 7.05 Å². The van der Waals surface area contributed by atoms with E-state index in [1.54, 1.807) is 23.9 Å². The van der Waals surface area contributed by atoms with Crippen molar-refractivity contribution in [3.05, 3.63) is 41.1 Å². The number of nitrogens with one attached hydrogen (secondary N) is 1. The summed E-state index contributed by atoms with van der Waals surface area (Å²) < 4.78 is 6.97. The molecule has 0 atom stereocenters. The summed E-state index contributed by atoms with van der Waals surface area (Å²) in [4.78, 5) is 12.4. The van der Waals surface area contributed by atoms with Gasteiger partial charge in [0.25, 0.3) is 5.91 Å². The molecular weight excluding hydrogens is 254 g/mol. The average Bonchev–Trinajstić information content (AvgIpc) is 3.02. The largest absolute Gasteiger partial charge is 0.496 e. The van der Waals surface area contributed by atoms with Gasteiger partial charge in [0.2, 0.25) is 0 Å². The molecule has 0 aliphatic heterocycles. The number of methoxy groups -OCH3 is 1. The Morgan fingerprint density at radius 1 is 1.35 bits per heavy atom. The fourth-order valence-electron chi connectivity index (χ4n) is 2.68. The standard InChI is InChI=1S/C15H17N3O2/c1-18-14(10-7-5-8-12(10)17-18)16-15(19)11-6-3-4-9-13(11)20-2/h3-4,6,9H,5,7-8H2,1-2H3,(H,16,19). The molecule has 1 aromatic heterocycles. The maximum atomic E-state index is 12.4. The number of carbonyl (C=O) groups is 1. The van der Waals surface area contributed by atoms with Crippen LogP contribution in [0.3, 0.4) is 0 Å². The molecule has 0 saturated carbocycles. The highest BCUT2D eigenvalue weighted by atomic mass is 16.5. The Kier molecular flexibility index (Phi) is 3.18. The molecular formula is C15H17N3O2. The van der Waals surface area contributed by atoms with E-state index in [-0.39, 0.29) is 5.91 Å². The van der Waals surface area contributed by atoms with Crippen LogP contribution in [-0.4, -0.2) is 22.8 Å². The van der Waals surface area contributed by atoms with Crippen LogP contribution in [0, 0.1) is 0 Å². The lowest BCUT2D eigenvalue weighted by Gasteiger charge is -2.10. The summed E-state index contributed by atoms with van der Waals surface area (Å²) in [5.41, 5.74) is 2.79. The van der Waals surface area contributed by atoms with Crippen molar-refractivity contribution >= 4 is 11.7 Å². The summed E-state index contributed by atoms with van der Waals surface area (Å²) >= 11 is 0. The minimum Gasteiger partial charge on any atom is -0.496 e. The first-order valence-corrected chi connectivity index (χ1v) is 6.70. The van der Waals surface area contributed by atoms with Crippen LogP contribution in [0.2, 0.25) is 0 Å². The zero-order chi connectivity index (χ0) is 14.1. The third kappa shape index (κ3) is 2.05. The van der Waals surface area contributed by atoms with E-state index in [4.69, 9.17) is 4.74 Å². The second-order valence-corrected chi connectivity index (χ2v) is 4.91. The van der Waals surface area contributed by atoms with Gasteiger partial charge < -0.3 is 10.1 Å². The highest BCUT2D eigenvalue weighted by Gasteiger charge is 2.23. The number of fused-ring (bicyclic) bond motifs is 1. The molecule has 2 aromatic rings. The lowest BCUT2D eigenvalue weighted by atomic mass is 10.2. The monoisotopic (exact) mass is 271 g/mol. The Bertz CT molecular complexity index is 661. The third-order valence-electron chi connectivity index (χ3n) is 3.65. The van der Waals surface area contributed by atoms with Crippen LogP contribution in [0.1, 0.15) is 28.0 Å². The molecule has 0 saturated heterocycles. The minimum atomic E-state index is -0.167. The highest BCUT2D eigenvalue weighted by Crippen LogP contribution is 2.29. The fourth-order valence-corrected chi connectivity index (χ4v) is 2.68. The van der Waals surface area contributed by atoms with E-state index in [1.165, 1.54) is 0 Å². The molecule has 5 heteroatoms. The molecule has 20 heavy (non-hydrogen) atoms. The summed E-state index contributed by atoms with van der Waals surface area (Å²) in [5, 5.41) is 7.41. The average molecular weight is 271 g/mol.